The number of hydrogen-bond donors (Lipinski definition) is 3. The fourth-order valence-corrected chi connectivity index (χ4v) is 7.87. The van der Waals surface area contributed by atoms with Crippen LogP contribution in [0.2, 0.25) is 0 Å². The zero-order chi connectivity index (χ0) is 31.6. The van der Waals surface area contributed by atoms with Crippen molar-refractivity contribution >= 4 is 23.4 Å². The maximum atomic E-state index is 14.6. The number of aliphatic hydroxyl groups is 1. The predicted molar refractivity (Wildman–Crippen MR) is 167 cm³/mol. The first-order valence-electron chi connectivity index (χ1n) is 16.1. The van der Waals surface area contributed by atoms with E-state index < -0.39 is 35.1 Å². The van der Waals surface area contributed by atoms with Crippen LogP contribution in [0.1, 0.15) is 32.3 Å². The minimum Gasteiger partial charge on any atom is -0.494 e. The summed E-state index contributed by atoms with van der Waals surface area (Å²) in [7, 11) is 0. The van der Waals surface area contributed by atoms with Gasteiger partial charge in [-0.1, -0.05) is 30.3 Å². The number of carbonyl (C=O) groups is 3. The lowest BCUT2D eigenvalue weighted by Crippen LogP contribution is -2.59. The highest BCUT2D eigenvalue weighted by atomic mass is 16.5. The average molecular weight is 621 g/mol. The van der Waals surface area contributed by atoms with Gasteiger partial charge in [0.15, 0.2) is 0 Å². The van der Waals surface area contributed by atoms with Gasteiger partial charge in [0, 0.05) is 31.9 Å². The average Bonchev–Trinajstić information content (AvgIpc) is 3.62. The molecule has 4 aliphatic rings. The molecule has 2 unspecified atom stereocenters. The molecule has 4 aliphatic heterocycles. The molecule has 11 nitrogen and oxygen atoms in total. The molecule has 11 heteroatoms. The number of carbonyl (C=O) groups excluding carboxylic acids is 3. The van der Waals surface area contributed by atoms with Crippen LogP contribution in [0.15, 0.2) is 54.6 Å². The van der Waals surface area contributed by atoms with Crippen molar-refractivity contribution < 1.29 is 33.7 Å². The monoisotopic (exact) mass is 620 g/mol. The largest absolute Gasteiger partial charge is 0.494 e. The second-order valence-electron chi connectivity index (χ2n) is 12.7. The molecule has 0 aromatic heterocycles. The Morgan fingerprint density at radius 1 is 1.07 bits per heavy atom. The Morgan fingerprint density at radius 2 is 1.80 bits per heavy atom. The fourth-order valence-electron chi connectivity index (χ4n) is 7.87. The Labute approximate surface area is 264 Å². The Balaban J connectivity index is 1.29. The molecule has 3 N–H and O–H groups in total. The highest BCUT2D eigenvalue weighted by molar-refractivity contribution is 6.02. The van der Waals surface area contributed by atoms with Crippen molar-refractivity contribution in [3.8, 4) is 5.75 Å². The molecule has 4 saturated heterocycles. The summed E-state index contributed by atoms with van der Waals surface area (Å²) in [5.74, 6) is -1.94. The SMILES string of the molecule is CCOc1ccc(NC(=O)[C@@H]2[C@H]3C(=O)N([C@@H](CO)Cc4ccccc4)C(C(=O)NCCN4CCOCC4)C34CC[C@@]2(C)O4)cc1. The van der Waals surface area contributed by atoms with Gasteiger partial charge in [-0.25, -0.2) is 0 Å². The molecule has 0 radical (unpaired) electrons. The van der Waals surface area contributed by atoms with Crippen LogP contribution in [-0.4, -0.2) is 109 Å². The highest BCUT2D eigenvalue weighted by Crippen LogP contribution is 2.63. The first kappa shape index (κ1) is 31.5. The molecule has 0 saturated carbocycles. The van der Waals surface area contributed by atoms with E-state index in [2.05, 4.69) is 15.5 Å². The highest BCUT2D eigenvalue weighted by Gasteiger charge is 2.78. The number of nitrogens with zero attached hydrogens (tertiary/aromatic N) is 2. The number of hydrogen-bond acceptors (Lipinski definition) is 8. The minimum atomic E-state index is -1.18. The summed E-state index contributed by atoms with van der Waals surface area (Å²) in [6.07, 6.45) is 1.37. The number of fused-ring (bicyclic) bond motifs is 1. The van der Waals surface area contributed by atoms with Crippen LogP contribution < -0.4 is 15.4 Å². The summed E-state index contributed by atoms with van der Waals surface area (Å²) in [5, 5.41) is 16.7. The molecule has 3 amide bonds. The number of nitrogens with one attached hydrogen (secondary N) is 2. The number of amides is 3. The van der Waals surface area contributed by atoms with Crippen LogP contribution >= 0.6 is 0 Å². The van der Waals surface area contributed by atoms with Gasteiger partial charge in [-0.3, -0.25) is 19.3 Å². The third-order valence-corrected chi connectivity index (χ3v) is 9.93. The van der Waals surface area contributed by atoms with Crippen LogP contribution in [-0.2, 0) is 30.3 Å². The number of rotatable bonds is 12. The van der Waals surface area contributed by atoms with E-state index in [1.807, 2.05) is 44.2 Å². The fraction of sp³-hybridized carbons (Fsp3) is 0.559. The Hall–Kier alpha value is -3.51. The lowest BCUT2D eigenvalue weighted by atomic mass is 9.66. The van der Waals surface area contributed by atoms with Crippen LogP contribution in [0.4, 0.5) is 5.69 Å². The number of ether oxygens (including phenoxy) is 3. The van der Waals surface area contributed by atoms with E-state index in [0.29, 0.717) is 63.6 Å². The lowest BCUT2D eigenvalue weighted by molar-refractivity contribution is -0.148. The van der Waals surface area contributed by atoms with Gasteiger partial charge in [-0.05, 0) is 62.9 Å². The van der Waals surface area contributed by atoms with Crippen molar-refractivity contribution in [3.63, 3.8) is 0 Å². The van der Waals surface area contributed by atoms with E-state index >= 15 is 0 Å². The number of morpholine rings is 1. The van der Waals surface area contributed by atoms with Gasteiger partial charge in [0.2, 0.25) is 17.7 Å². The number of anilines is 1. The molecular weight excluding hydrogens is 576 g/mol. The van der Waals surface area contributed by atoms with Gasteiger partial charge in [0.1, 0.15) is 17.4 Å². The van der Waals surface area contributed by atoms with Crippen LogP contribution in [0, 0.1) is 11.8 Å². The summed E-state index contributed by atoms with van der Waals surface area (Å²) in [6, 6.07) is 15.1. The second kappa shape index (κ2) is 13.1. The van der Waals surface area contributed by atoms with Gasteiger partial charge in [0.25, 0.3) is 0 Å². The maximum Gasteiger partial charge on any atom is 0.245 e. The van der Waals surface area contributed by atoms with E-state index in [9.17, 15) is 19.5 Å². The molecular formula is C34H44N4O7. The molecule has 4 fully saturated rings. The summed E-state index contributed by atoms with van der Waals surface area (Å²) < 4.78 is 17.7. The zero-order valence-electron chi connectivity index (χ0n) is 26.1. The molecule has 1 spiro atoms. The molecule has 2 bridgehead atoms. The summed E-state index contributed by atoms with van der Waals surface area (Å²) in [5.41, 5.74) is -0.574. The number of aliphatic hydroxyl groups excluding tert-OH is 1. The molecule has 2 aromatic carbocycles. The quantitative estimate of drug-likeness (QED) is 0.328. The van der Waals surface area contributed by atoms with E-state index in [-0.39, 0.29) is 24.3 Å². The summed E-state index contributed by atoms with van der Waals surface area (Å²) >= 11 is 0. The van der Waals surface area contributed by atoms with E-state index in [1.54, 1.807) is 24.3 Å². The maximum absolute atomic E-state index is 14.6. The summed E-state index contributed by atoms with van der Waals surface area (Å²) in [6.45, 7) is 7.96. The molecule has 2 aromatic rings. The predicted octanol–water partition coefficient (Wildman–Crippen LogP) is 1.84. The Kier molecular flexibility index (Phi) is 9.15. The van der Waals surface area contributed by atoms with E-state index in [1.165, 1.54) is 4.90 Å². The third-order valence-electron chi connectivity index (χ3n) is 9.93. The van der Waals surface area contributed by atoms with Crippen molar-refractivity contribution in [1.82, 2.24) is 15.1 Å². The van der Waals surface area contributed by atoms with Crippen molar-refractivity contribution in [3.05, 3.63) is 60.2 Å². The van der Waals surface area contributed by atoms with Crippen LogP contribution in [0.5, 0.6) is 5.75 Å². The van der Waals surface area contributed by atoms with Crippen molar-refractivity contribution in [2.45, 2.75) is 56.4 Å². The van der Waals surface area contributed by atoms with Gasteiger partial charge in [0.05, 0.1) is 49.9 Å². The standard InChI is InChI=1S/C34H44N4O7/c1-3-44-26-11-9-24(10-12-26)36-30(40)27-28-32(42)38(25(22-39)21-23-7-5-4-6-8-23)29(34(28)14-13-33(27,2)45-34)31(41)35-15-16-37-17-19-43-20-18-37/h4-12,25,27-29,39H,3,13-22H2,1-2H3,(H,35,41)(H,36,40)/t25-,27+,28+,29?,33-,34?/m1/s1. The van der Waals surface area contributed by atoms with Crippen molar-refractivity contribution in [2.75, 3.05) is 57.9 Å². The summed E-state index contributed by atoms with van der Waals surface area (Å²) in [4.78, 5) is 46.5. The Bertz CT molecular complexity index is 1370. The Morgan fingerprint density at radius 3 is 2.49 bits per heavy atom. The van der Waals surface area contributed by atoms with Crippen LogP contribution in [0.3, 0.4) is 0 Å². The van der Waals surface area contributed by atoms with E-state index in [4.69, 9.17) is 14.2 Å². The van der Waals surface area contributed by atoms with E-state index in [0.717, 1.165) is 18.7 Å². The number of benzene rings is 2. The first-order valence-corrected chi connectivity index (χ1v) is 16.1. The molecule has 242 valence electrons. The third kappa shape index (κ3) is 5.94. The lowest BCUT2D eigenvalue weighted by Gasteiger charge is -2.37. The topological polar surface area (TPSA) is 130 Å². The van der Waals surface area contributed by atoms with Crippen molar-refractivity contribution in [2.24, 2.45) is 11.8 Å². The first-order chi connectivity index (χ1) is 21.8. The molecule has 4 heterocycles. The van der Waals surface area contributed by atoms with Gasteiger partial charge < -0.3 is 34.9 Å². The second-order valence-corrected chi connectivity index (χ2v) is 12.7. The molecule has 6 atom stereocenters. The normalized spacial score (nSPS) is 29.8. The molecule has 45 heavy (non-hydrogen) atoms. The van der Waals surface area contributed by atoms with Gasteiger partial charge >= 0.3 is 0 Å². The van der Waals surface area contributed by atoms with Crippen molar-refractivity contribution in [1.29, 1.82) is 0 Å². The molecule has 0 aliphatic carbocycles. The van der Waals surface area contributed by atoms with Crippen LogP contribution in [0.25, 0.3) is 0 Å². The number of likely N-dealkylation sites (tertiary alicyclic amines) is 1. The smallest absolute Gasteiger partial charge is 0.245 e. The minimum absolute atomic E-state index is 0.317. The van der Waals surface area contributed by atoms with Gasteiger partial charge in [-0.2, -0.15) is 0 Å². The van der Waals surface area contributed by atoms with Gasteiger partial charge in [-0.15, -0.1) is 0 Å². The molecule has 6 rings (SSSR count). The zero-order valence-corrected chi connectivity index (χ0v) is 26.1.